The van der Waals surface area contributed by atoms with E-state index in [4.69, 9.17) is 14.2 Å². The van der Waals surface area contributed by atoms with E-state index in [0.717, 1.165) is 11.1 Å². The average Bonchev–Trinajstić information content (AvgIpc) is 2.38. The van der Waals surface area contributed by atoms with Crippen molar-refractivity contribution in [1.82, 2.24) is 5.32 Å². The molecule has 1 rings (SSSR count). The molecule has 0 fully saturated rings. The maximum atomic E-state index is 5.46. The van der Waals surface area contributed by atoms with E-state index in [2.05, 4.69) is 11.9 Å². The maximum absolute atomic E-state index is 5.46. The number of ether oxygens (including phenoxy) is 3. The van der Waals surface area contributed by atoms with Gasteiger partial charge in [0.1, 0.15) is 0 Å². The molecule has 0 aliphatic rings. The van der Waals surface area contributed by atoms with E-state index in [-0.39, 0.29) is 6.04 Å². The maximum Gasteiger partial charge on any atom is 0.203 e. The Morgan fingerprint density at radius 2 is 1.72 bits per heavy atom. The first-order chi connectivity index (χ1) is 8.60. The van der Waals surface area contributed by atoms with Gasteiger partial charge in [0.15, 0.2) is 11.5 Å². The average molecular weight is 251 g/mol. The van der Waals surface area contributed by atoms with Crippen molar-refractivity contribution < 1.29 is 14.2 Å². The third kappa shape index (κ3) is 2.59. The summed E-state index contributed by atoms with van der Waals surface area (Å²) >= 11 is 0. The summed E-state index contributed by atoms with van der Waals surface area (Å²) in [6.07, 6.45) is 0. The highest BCUT2D eigenvalue weighted by atomic mass is 16.5. The smallest absolute Gasteiger partial charge is 0.203 e. The van der Waals surface area contributed by atoms with E-state index >= 15 is 0 Å². The zero-order chi connectivity index (χ0) is 13.7. The minimum atomic E-state index is 0.0137. The van der Waals surface area contributed by atoms with Crippen molar-refractivity contribution in [3.05, 3.63) is 29.8 Å². The van der Waals surface area contributed by atoms with Gasteiger partial charge in [0, 0.05) is 5.56 Å². The van der Waals surface area contributed by atoms with Crippen molar-refractivity contribution in [3.8, 4) is 17.2 Å². The molecule has 0 saturated heterocycles. The van der Waals surface area contributed by atoms with Gasteiger partial charge in [-0.15, -0.1) is 0 Å². The van der Waals surface area contributed by atoms with Gasteiger partial charge in [-0.05, 0) is 26.1 Å². The van der Waals surface area contributed by atoms with Gasteiger partial charge in [-0.3, -0.25) is 0 Å². The molecular formula is C14H21NO3. The lowest BCUT2D eigenvalue weighted by molar-refractivity contribution is 0.320. The van der Waals surface area contributed by atoms with Crippen molar-refractivity contribution in [3.63, 3.8) is 0 Å². The summed E-state index contributed by atoms with van der Waals surface area (Å²) < 4.78 is 16.1. The first kappa shape index (κ1) is 14.4. The lowest BCUT2D eigenvalue weighted by atomic mass is 9.99. The second-order valence-corrected chi connectivity index (χ2v) is 3.99. The summed E-state index contributed by atoms with van der Waals surface area (Å²) in [6.45, 7) is 5.96. The lowest BCUT2D eigenvalue weighted by Crippen LogP contribution is -2.18. The third-order valence-electron chi connectivity index (χ3n) is 2.83. The standard InChI is InChI=1S/C14H21NO3/c1-9(2)12(15-3)10-7-8-11(16-4)14(18-6)13(10)17-5/h7-8,12,15H,1H2,2-6H3. The van der Waals surface area contributed by atoms with Crippen LogP contribution in [0.15, 0.2) is 24.3 Å². The van der Waals surface area contributed by atoms with Crippen LogP contribution in [-0.4, -0.2) is 28.4 Å². The van der Waals surface area contributed by atoms with Crippen molar-refractivity contribution in [2.75, 3.05) is 28.4 Å². The van der Waals surface area contributed by atoms with Gasteiger partial charge >= 0.3 is 0 Å². The molecule has 0 radical (unpaired) electrons. The summed E-state index contributed by atoms with van der Waals surface area (Å²) in [5, 5.41) is 3.21. The Kier molecular flexibility index (Phi) is 5.04. The van der Waals surface area contributed by atoms with Crippen LogP contribution in [0.5, 0.6) is 17.2 Å². The van der Waals surface area contributed by atoms with Crippen molar-refractivity contribution in [1.29, 1.82) is 0 Å². The molecule has 18 heavy (non-hydrogen) atoms. The highest BCUT2D eigenvalue weighted by Crippen LogP contribution is 2.43. The molecule has 1 aromatic carbocycles. The first-order valence-corrected chi connectivity index (χ1v) is 5.72. The molecule has 4 nitrogen and oxygen atoms in total. The lowest BCUT2D eigenvalue weighted by Gasteiger charge is -2.22. The topological polar surface area (TPSA) is 39.7 Å². The fourth-order valence-corrected chi connectivity index (χ4v) is 2.02. The molecule has 1 atom stereocenters. The Hall–Kier alpha value is -1.68. The molecule has 0 aliphatic heterocycles. The molecule has 0 heterocycles. The quantitative estimate of drug-likeness (QED) is 0.789. The Bertz CT molecular complexity index is 429. The van der Waals surface area contributed by atoms with Gasteiger partial charge in [-0.1, -0.05) is 12.2 Å². The van der Waals surface area contributed by atoms with E-state index in [1.165, 1.54) is 0 Å². The van der Waals surface area contributed by atoms with Crippen LogP contribution in [0, 0.1) is 0 Å². The summed E-state index contributed by atoms with van der Waals surface area (Å²) in [5.41, 5.74) is 1.98. The number of nitrogens with one attached hydrogen (secondary N) is 1. The molecule has 4 heteroatoms. The number of hydrogen-bond donors (Lipinski definition) is 1. The Balaban J connectivity index is 3.40. The molecular weight excluding hydrogens is 230 g/mol. The molecule has 0 saturated carbocycles. The molecule has 100 valence electrons. The monoisotopic (exact) mass is 251 g/mol. The van der Waals surface area contributed by atoms with Crippen LogP contribution in [0.3, 0.4) is 0 Å². The van der Waals surface area contributed by atoms with Gasteiger partial charge < -0.3 is 19.5 Å². The Morgan fingerprint density at radius 1 is 1.11 bits per heavy atom. The number of rotatable bonds is 6. The largest absolute Gasteiger partial charge is 0.493 e. The van der Waals surface area contributed by atoms with Crippen molar-refractivity contribution >= 4 is 0 Å². The number of methoxy groups -OCH3 is 3. The van der Waals surface area contributed by atoms with Crippen LogP contribution >= 0.6 is 0 Å². The predicted octanol–water partition coefficient (Wildman–Crippen LogP) is 2.55. The van der Waals surface area contributed by atoms with Crippen molar-refractivity contribution in [2.24, 2.45) is 0 Å². The molecule has 0 spiro atoms. The van der Waals surface area contributed by atoms with E-state index in [1.807, 2.05) is 26.1 Å². The number of benzene rings is 1. The molecule has 0 amide bonds. The highest BCUT2D eigenvalue weighted by molar-refractivity contribution is 5.57. The molecule has 0 aromatic heterocycles. The summed E-state index contributed by atoms with van der Waals surface area (Å²) in [7, 11) is 6.70. The SMILES string of the molecule is C=C(C)C(NC)c1ccc(OC)c(OC)c1OC. The molecule has 0 bridgehead atoms. The second-order valence-electron chi connectivity index (χ2n) is 3.99. The van der Waals surface area contributed by atoms with Crippen LogP contribution in [0.4, 0.5) is 0 Å². The van der Waals surface area contributed by atoms with Gasteiger partial charge in [-0.25, -0.2) is 0 Å². The van der Waals surface area contributed by atoms with E-state index < -0.39 is 0 Å². The van der Waals surface area contributed by atoms with E-state index in [9.17, 15) is 0 Å². The molecule has 1 aromatic rings. The van der Waals surface area contributed by atoms with Gasteiger partial charge in [0.25, 0.3) is 0 Å². The fraction of sp³-hybridized carbons (Fsp3) is 0.429. The summed E-state index contributed by atoms with van der Waals surface area (Å²) in [6, 6.07) is 3.83. The van der Waals surface area contributed by atoms with Gasteiger partial charge in [-0.2, -0.15) is 0 Å². The fourth-order valence-electron chi connectivity index (χ4n) is 2.02. The number of hydrogen-bond acceptors (Lipinski definition) is 4. The molecule has 0 aliphatic carbocycles. The zero-order valence-electron chi connectivity index (χ0n) is 11.7. The summed E-state index contributed by atoms with van der Waals surface area (Å²) in [5.74, 6) is 1.91. The van der Waals surface area contributed by atoms with Gasteiger partial charge in [0.2, 0.25) is 5.75 Å². The zero-order valence-corrected chi connectivity index (χ0v) is 11.7. The van der Waals surface area contributed by atoms with Crippen LogP contribution < -0.4 is 19.5 Å². The first-order valence-electron chi connectivity index (χ1n) is 5.72. The molecule has 1 unspecified atom stereocenters. The molecule has 1 N–H and O–H groups in total. The van der Waals surface area contributed by atoms with Gasteiger partial charge in [0.05, 0.1) is 27.4 Å². The van der Waals surface area contributed by atoms with Crippen molar-refractivity contribution in [2.45, 2.75) is 13.0 Å². The van der Waals surface area contributed by atoms with E-state index in [0.29, 0.717) is 17.2 Å². The normalized spacial score (nSPS) is 11.8. The minimum Gasteiger partial charge on any atom is -0.493 e. The van der Waals surface area contributed by atoms with E-state index in [1.54, 1.807) is 21.3 Å². The van der Waals surface area contributed by atoms with Crippen LogP contribution in [0.1, 0.15) is 18.5 Å². The third-order valence-corrected chi connectivity index (χ3v) is 2.83. The Morgan fingerprint density at radius 3 is 2.11 bits per heavy atom. The van der Waals surface area contributed by atoms with Crippen LogP contribution in [0.25, 0.3) is 0 Å². The summed E-state index contributed by atoms with van der Waals surface area (Å²) in [4.78, 5) is 0. The predicted molar refractivity (Wildman–Crippen MR) is 72.7 cm³/mol. The van der Waals surface area contributed by atoms with Crippen LogP contribution in [0.2, 0.25) is 0 Å². The second kappa shape index (κ2) is 6.31. The Labute approximate surface area is 109 Å². The minimum absolute atomic E-state index is 0.0137. The highest BCUT2D eigenvalue weighted by Gasteiger charge is 2.21. The number of likely N-dealkylation sites (N-methyl/N-ethyl adjacent to an activating group) is 1. The van der Waals surface area contributed by atoms with Crippen LogP contribution in [-0.2, 0) is 0 Å².